The van der Waals surface area contributed by atoms with Gasteiger partial charge in [0.05, 0.1) is 23.0 Å². The van der Waals surface area contributed by atoms with Crippen LogP contribution < -0.4 is 0 Å². The van der Waals surface area contributed by atoms with Gasteiger partial charge in [-0.15, -0.1) is 6.58 Å². The molecule has 1 atom stereocenters. The monoisotopic (exact) mass is 343 g/mol. The van der Waals surface area contributed by atoms with Crippen LogP contribution in [0.5, 0.6) is 0 Å². The van der Waals surface area contributed by atoms with E-state index in [-0.39, 0.29) is 5.75 Å². The van der Waals surface area contributed by atoms with E-state index in [1.165, 1.54) is 13.0 Å². The second-order valence-electron chi connectivity index (χ2n) is 4.68. The number of pyridine rings is 1. The minimum absolute atomic E-state index is 0.194. The number of hydrogen-bond donors (Lipinski definition) is 1. The number of imidazole rings is 1. The van der Waals surface area contributed by atoms with Crippen LogP contribution in [-0.2, 0) is 20.1 Å². The van der Waals surface area contributed by atoms with Crippen molar-refractivity contribution in [2.75, 3.05) is 5.75 Å². The molecule has 0 bridgehead atoms. The van der Waals surface area contributed by atoms with Crippen molar-refractivity contribution in [2.45, 2.75) is 6.92 Å². The van der Waals surface area contributed by atoms with Crippen molar-refractivity contribution in [2.24, 2.45) is 0 Å². The van der Waals surface area contributed by atoms with Gasteiger partial charge in [-0.2, -0.15) is 0 Å². The Labute approximate surface area is 142 Å². The highest BCUT2D eigenvalue weighted by molar-refractivity contribution is 7.80. The Morgan fingerprint density at radius 3 is 2.71 bits per heavy atom. The summed E-state index contributed by atoms with van der Waals surface area (Å²) in [7, 11) is 0. The van der Waals surface area contributed by atoms with Gasteiger partial charge in [0.1, 0.15) is 5.82 Å². The van der Waals surface area contributed by atoms with Crippen LogP contribution in [0, 0.1) is 0 Å². The lowest BCUT2D eigenvalue weighted by Gasteiger charge is -1.93. The van der Waals surface area contributed by atoms with Gasteiger partial charge in [0, 0.05) is 18.7 Å². The SMILES string of the molecule is C=CCS(=O)OC(C)=O.c1ccc(-c2nc3ccncc3[nH]2)cc1. The molecular formula is C17H17N3O3S. The van der Waals surface area contributed by atoms with E-state index in [0.29, 0.717) is 0 Å². The van der Waals surface area contributed by atoms with Crippen molar-refractivity contribution >= 4 is 28.1 Å². The van der Waals surface area contributed by atoms with E-state index in [1.54, 1.807) is 12.4 Å². The maximum Gasteiger partial charge on any atom is 0.316 e. The van der Waals surface area contributed by atoms with Gasteiger partial charge in [-0.25, -0.2) is 9.19 Å². The number of fused-ring (bicyclic) bond motifs is 1. The number of aromatic nitrogens is 3. The standard InChI is InChI=1S/C12H9N3.C5H8O3S/c1-2-4-9(5-3-1)12-14-10-6-7-13-8-11(10)15-12;1-3-4-9(7)8-5(2)6/h1-8H,(H,14,15);3H,1,4H2,2H3. The third kappa shape index (κ3) is 5.13. The number of nitrogens with zero attached hydrogens (tertiary/aromatic N) is 2. The molecule has 0 aliphatic rings. The normalized spacial score (nSPS) is 11.2. The number of aromatic amines is 1. The molecule has 24 heavy (non-hydrogen) atoms. The molecule has 0 radical (unpaired) electrons. The molecule has 1 aromatic carbocycles. The first-order valence-electron chi connectivity index (χ1n) is 7.13. The van der Waals surface area contributed by atoms with Crippen LogP contribution in [0.3, 0.4) is 0 Å². The van der Waals surface area contributed by atoms with E-state index in [4.69, 9.17) is 0 Å². The number of carbonyl (C=O) groups excluding carboxylic acids is 1. The highest BCUT2D eigenvalue weighted by Gasteiger charge is 2.03. The third-order valence-electron chi connectivity index (χ3n) is 2.79. The second-order valence-corrected chi connectivity index (χ2v) is 5.79. The Bertz CT molecular complexity index is 813. The maximum atomic E-state index is 10.5. The van der Waals surface area contributed by atoms with Crippen LogP contribution >= 0.6 is 0 Å². The Kier molecular flexibility index (Phi) is 6.39. The lowest BCUT2D eigenvalue weighted by molar-refractivity contribution is -0.130. The van der Waals surface area contributed by atoms with Crippen LogP contribution in [0.25, 0.3) is 22.4 Å². The summed E-state index contributed by atoms with van der Waals surface area (Å²) >= 11 is -1.52. The minimum atomic E-state index is -1.52. The van der Waals surface area contributed by atoms with E-state index in [0.717, 1.165) is 22.4 Å². The summed E-state index contributed by atoms with van der Waals surface area (Å²) in [5, 5.41) is 0. The predicted molar refractivity (Wildman–Crippen MR) is 94.3 cm³/mol. The first-order chi connectivity index (χ1) is 11.6. The van der Waals surface area contributed by atoms with Gasteiger partial charge in [0.25, 0.3) is 0 Å². The molecule has 2 aromatic heterocycles. The Morgan fingerprint density at radius 2 is 2.08 bits per heavy atom. The molecule has 0 aliphatic heterocycles. The molecule has 0 saturated carbocycles. The van der Waals surface area contributed by atoms with Gasteiger partial charge in [0.2, 0.25) is 11.1 Å². The molecule has 0 saturated heterocycles. The quantitative estimate of drug-likeness (QED) is 0.736. The minimum Gasteiger partial charge on any atom is -0.364 e. The summed E-state index contributed by atoms with van der Waals surface area (Å²) in [6, 6.07) is 12.0. The van der Waals surface area contributed by atoms with E-state index >= 15 is 0 Å². The molecule has 7 heteroatoms. The van der Waals surface area contributed by atoms with Crippen molar-refractivity contribution in [3.8, 4) is 11.4 Å². The molecule has 3 aromatic rings. The van der Waals surface area contributed by atoms with Gasteiger partial charge in [-0.1, -0.05) is 36.4 Å². The molecule has 0 amide bonds. The first kappa shape index (κ1) is 17.6. The zero-order valence-corrected chi connectivity index (χ0v) is 14.0. The van der Waals surface area contributed by atoms with Crippen molar-refractivity contribution < 1.29 is 13.2 Å². The number of H-pyrrole nitrogens is 1. The summed E-state index contributed by atoms with van der Waals surface area (Å²) in [5.74, 6) is 0.549. The Balaban J connectivity index is 0.000000202. The van der Waals surface area contributed by atoms with Gasteiger partial charge < -0.3 is 9.17 Å². The lowest BCUT2D eigenvalue weighted by Crippen LogP contribution is -2.04. The maximum absolute atomic E-state index is 10.5. The average Bonchev–Trinajstić information content (AvgIpc) is 3.00. The van der Waals surface area contributed by atoms with Crippen molar-refractivity contribution in [1.82, 2.24) is 15.0 Å². The van der Waals surface area contributed by atoms with Crippen LogP contribution in [-0.4, -0.2) is 30.9 Å². The Hall–Kier alpha value is -2.80. The van der Waals surface area contributed by atoms with Crippen LogP contribution in [0.1, 0.15) is 6.92 Å². The van der Waals surface area contributed by atoms with Crippen LogP contribution in [0.4, 0.5) is 0 Å². The highest BCUT2D eigenvalue weighted by Crippen LogP contribution is 2.18. The summed E-state index contributed by atoms with van der Waals surface area (Å²) in [5.41, 5.74) is 3.01. The predicted octanol–water partition coefficient (Wildman–Crippen LogP) is 3.02. The molecule has 1 N–H and O–H groups in total. The fourth-order valence-electron chi connectivity index (χ4n) is 1.85. The van der Waals surface area contributed by atoms with E-state index in [9.17, 15) is 9.00 Å². The van der Waals surface area contributed by atoms with Gasteiger partial charge >= 0.3 is 5.97 Å². The molecule has 3 rings (SSSR count). The topological polar surface area (TPSA) is 84.9 Å². The zero-order valence-electron chi connectivity index (χ0n) is 13.1. The molecule has 1 unspecified atom stereocenters. The molecule has 0 aliphatic carbocycles. The lowest BCUT2D eigenvalue weighted by atomic mass is 10.2. The number of nitrogens with one attached hydrogen (secondary N) is 1. The molecule has 124 valence electrons. The van der Waals surface area contributed by atoms with Crippen molar-refractivity contribution in [3.05, 3.63) is 61.4 Å². The summed E-state index contributed by atoms with van der Waals surface area (Å²) in [6.07, 6.45) is 4.96. The molecule has 0 fully saturated rings. The smallest absolute Gasteiger partial charge is 0.316 e. The van der Waals surface area contributed by atoms with Crippen LogP contribution in [0.2, 0.25) is 0 Å². The van der Waals surface area contributed by atoms with Gasteiger partial charge in [-0.05, 0) is 6.07 Å². The second kappa shape index (κ2) is 8.73. The fraction of sp³-hybridized carbons (Fsp3) is 0.118. The van der Waals surface area contributed by atoms with Gasteiger partial charge in [-0.3, -0.25) is 9.78 Å². The average molecular weight is 343 g/mol. The Morgan fingerprint density at radius 1 is 1.33 bits per heavy atom. The van der Waals surface area contributed by atoms with E-state index < -0.39 is 17.0 Å². The molecule has 2 heterocycles. The van der Waals surface area contributed by atoms with Gasteiger partial charge in [0.15, 0.2) is 0 Å². The van der Waals surface area contributed by atoms with Crippen LogP contribution in [0.15, 0.2) is 61.4 Å². The zero-order chi connectivity index (χ0) is 17.4. The fourth-order valence-corrected chi connectivity index (χ4v) is 2.37. The number of benzene rings is 1. The van der Waals surface area contributed by atoms with Crippen molar-refractivity contribution in [1.29, 1.82) is 0 Å². The number of rotatable bonds is 4. The number of carbonyl (C=O) groups is 1. The highest BCUT2D eigenvalue weighted by atomic mass is 32.2. The van der Waals surface area contributed by atoms with E-state index in [2.05, 4.69) is 25.7 Å². The number of hydrogen-bond acceptors (Lipinski definition) is 5. The molecular weight excluding hydrogens is 326 g/mol. The first-order valence-corrected chi connectivity index (χ1v) is 8.38. The molecule has 0 spiro atoms. The molecule has 6 nitrogen and oxygen atoms in total. The van der Waals surface area contributed by atoms with E-state index in [1.807, 2.05) is 36.4 Å². The third-order valence-corrected chi connectivity index (χ3v) is 3.72. The summed E-state index contributed by atoms with van der Waals surface area (Å²) in [6.45, 7) is 4.53. The summed E-state index contributed by atoms with van der Waals surface area (Å²) in [4.78, 5) is 21.9. The largest absolute Gasteiger partial charge is 0.364 e. The van der Waals surface area contributed by atoms with Crippen molar-refractivity contribution in [3.63, 3.8) is 0 Å². The summed E-state index contributed by atoms with van der Waals surface area (Å²) < 4.78 is 14.7.